The summed E-state index contributed by atoms with van der Waals surface area (Å²) in [5.41, 5.74) is 0. The number of thiazole rings is 1. The van der Waals surface area contributed by atoms with E-state index in [9.17, 15) is 4.79 Å². The molecule has 2 atom stereocenters. The molecule has 0 bridgehead atoms. The Morgan fingerprint density at radius 2 is 2.58 bits per heavy atom. The normalized spacial score (nSPS) is 29.0. The Hall–Kier alpha value is -0.740. The zero-order chi connectivity index (χ0) is 8.39. The number of hydrogen-bond donors (Lipinski definition) is 0. The Morgan fingerprint density at radius 1 is 1.67 bits per heavy atom. The maximum atomic E-state index is 10.4. The minimum atomic E-state index is -0.209. The van der Waals surface area contributed by atoms with Crippen LogP contribution in [0.2, 0.25) is 0 Å². The van der Waals surface area contributed by atoms with E-state index in [2.05, 4.69) is 4.98 Å². The van der Waals surface area contributed by atoms with Crippen LogP contribution in [0.15, 0.2) is 11.6 Å². The van der Waals surface area contributed by atoms with E-state index in [0.717, 1.165) is 24.1 Å². The minimum Gasteiger partial charge on any atom is -0.360 e. The predicted molar refractivity (Wildman–Crippen MR) is 45.0 cm³/mol. The highest BCUT2D eigenvalue weighted by Gasteiger charge is 2.27. The lowest BCUT2D eigenvalue weighted by atomic mass is 10.2. The highest BCUT2D eigenvalue weighted by atomic mass is 32.1. The maximum absolute atomic E-state index is 10.4. The van der Waals surface area contributed by atoms with Crippen molar-refractivity contribution in [3.8, 4) is 0 Å². The molecule has 1 aliphatic rings. The van der Waals surface area contributed by atoms with Crippen molar-refractivity contribution in [3.05, 3.63) is 16.6 Å². The van der Waals surface area contributed by atoms with Crippen LogP contribution in [0.25, 0.3) is 0 Å². The molecule has 1 fully saturated rings. The van der Waals surface area contributed by atoms with Gasteiger partial charge in [-0.25, -0.2) is 4.98 Å². The maximum Gasteiger partial charge on any atom is 0.148 e. The first-order chi connectivity index (χ1) is 5.90. The predicted octanol–water partition coefficient (Wildman–Crippen LogP) is 1.56. The van der Waals surface area contributed by atoms with Gasteiger partial charge in [-0.15, -0.1) is 11.3 Å². The lowest BCUT2D eigenvalue weighted by Gasteiger charge is -2.05. The van der Waals surface area contributed by atoms with Crippen LogP contribution in [0.1, 0.15) is 24.0 Å². The molecule has 0 saturated carbocycles. The Balaban J connectivity index is 2.04. The quantitative estimate of drug-likeness (QED) is 0.653. The van der Waals surface area contributed by atoms with Crippen molar-refractivity contribution >= 4 is 17.6 Å². The van der Waals surface area contributed by atoms with Gasteiger partial charge in [0.15, 0.2) is 0 Å². The molecule has 0 radical (unpaired) electrons. The summed E-state index contributed by atoms with van der Waals surface area (Å²) in [7, 11) is 0. The number of hydrogen-bond acceptors (Lipinski definition) is 4. The summed E-state index contributed by atoms with van der Waals surface area (Å²) in [4.78, 5) is 14.5. The van der Waals surface area contributed by atoms with E-state index in [0.29, 0.717) is 0 Å². The van der Waals surface area contributed by atoms with Crippen molar-refractivity contribution in [2.24, 2.45) is 0 Å². The van der Waals surface area contributed by atoms with E-state index < -0.39 is 0 Å². The number of aromatic nitrogens is 1. The SMILES string of the molecule is O=CC1CCC(c2nccs2)O1. The molecule has 1 saturated heterocycles. The molecule has 1 aromatic heterocycles. The first-order valence-corrected chi connectivity index (χ1v) is 4.78. The fourth-order valence-electron chi connectivity index (χ4n) is 1.34. The van der Waals surface area contributed by atoms with E-state index >= 15 is 0 Å². The molecule has 0 amide bonds. The molecule has 3 nitrogen and oxygen atoms in total. The highest BCUT2D eigenvalue weighted by Crippen LogP contribution is 2.32. The monoisotopic (exact) mass is 183 g/mol. The molecule has 0 spiro atoms. The van der Waals surface area contributed by atoms with Crippen LogP contribution in [0.3, 0.4) is 0 Å². The summed E-state index contributed by atoms with van der Waals surface area (Å²) in [6, 6.07) is 0. The summed E-state index contributed by atoms with van der Waals surface area (Å²) < 4.78 is 5.43. The second kappa shape index (κ2) is 3.33. The number of carbonyl (C=O) groups is 1. The van der Waals surface area contributed by atoms with E-state index in [1.807, 2.05) is 5.38 Å². The van der Waals surface area contributed by atoms with Crippen molar-refractivity contribution < 1.29 is 9.53 Å². The zero-order valence-corrected chi connectivity index (χ0v) is 7.29. The topological polar surface area (TPSA) is 39.2 Å². The second-order valence-electron chi connectivity index (χ2n) is 2.75. The summed E-state index contributed by atoms with van der Waals surface area (Å²) in [6.45, 7) is 0. The average molecular weight is 183 g/mol. The third-order valence-electron chi connectivity index (χ3n) is 1.93. The van der Waals surface area contributed by atoms with Gasteiger partial charge >= 0.3 is 0 Å². The standard InChI is InChI=1S/C8H9NO2S/c10-5-6-1-2-7(11-6)8-9-3-4-12-8/h3-7H,1-2H2. The van der Waals surface area contributed by atoms with Crippen molar-refractivity contribution in [1.82, 2.24) is 4.98 Å². The van der Waals surface area contributed by atoms with Gasteiger partial charge in [0, 0.05) is 11.6 Å². The molecule has 0 aromatic carbocycles. The van der Waals surface area contributed by atoms with Gasteiger partial charge in [0.25, 0.3) is 0 Å². The molecule has 2 heterocycles. The Labute approximate surface area is 74.4 Å². The van der Waals surface area contributed by atoms with Gasteiger partial charge < -0.3 is 9.53 Å². The summed E-state index contributed by atoms with van der Waals surface area (Å²) in [5, 5.41) is 2.91. The van der Waals surface area contributed by atoms with Gasteiger partial charge in [-0.05, 0) is 12.8 Å². The first kappa shape index (κ1) is 7.89. The van der Waals surface area contributed by atoms with Crippen LogP contribution < -0.4 is 0 Å². The molecular formula is C8H9NO2S. The molecule has 2 rings (SSSR count). The number of nitrogens with zero attached hydrogens (tertiary/aromatic N) is 1. The van der Waals surface area contributed by atoms with E-state index in [4.69, 9.17) is 4.74 Å². The Bertz CT molecular complexity index is 260. The van der Waals surface area contributed by atoms with Crippen LogP contribution >= 0.6 is 11.3 Å². The molecule has 0 aliphatic carbocycles. The van der Waals surface area contributed by atoms with Crippen LogP contribution in [-0.2, 0) is 9.53 Å². The Kier molecular flexibility index (Phi) is 2.19. The summed E-state index contributed by atoms with van der Waals surface area (Å²) >= 11 is 1.58. The van der Waals surface area contributed by atoms with E-state index in [1.54, 1.807) is 17.5 Å². The fraction of sp³-hybridized carbons (Fsp3) is 0.500. The van der Waals surface area contributed by atoms with Gasteiger partial charge in [-0.3, -0.25) is 0 Å². The third-order valence-corrected chi connectivity index (χ3v) is 2.80. The van der Waals surface area contributed by atoms with Crippen molar-refractivity contribution in [2.75, 3.05) is 0 Å². The van der Waals surface area contributed by atoms with Gasteiger partial charge in [0.1, 0.15) is 23.5 Å². The number of ether oxygens (including phenoxy) is 1. The fourth-order valence-corrected chi connectivity index (χ4v) is 2.05. The smallest absolute Gasteiger partial charge is 0.148 e. The molecular weight excluding hydrogens is 174 g/mol. The molecule has 1 aromatic rings. The average Bonchev–Trinajstić information content (AvgIpc) is 2.75. The van der Waals surface area contributed by atoms with Crippen LogP contribution in [0, 0.1) is 0 Å². The van der Waals surface area contributed by atoms with Crippen molar-refractivity contribution in [1.29, 1.82) is 0 Å². The van der Waals surface area contributed by atoms with E-state index in [-0.39, 0.29) is 12.2 Å². The van der Waals surface area contributed by atoms with Crippen molar-refractivity contribution in [3.63, 3.8) is 0 Å². The summed E-state index contributed by atoms with van der Waals surface area (Å²) in [6.07, 6.45) is 4.22. The van der Waals surface area contributed by atoms with Gasteiger partial charge in [-0.1, -0.05) is 0 Å². The van der Waals surface area contributed by atoms with Crippen LogP contribution in [-0.4, -0.2) is 17.4 Å². The lowest BCUT2D eigenvalue weighted by Crippen LogP contribution is -2.06. The van der Waals surface area contributed by atoms with Gasteiger partial charge in [-0.2, -0.15) is 0 Å². The largest absolute Gasteiger partial charge is 0.360 e. The van der Waals surface area contributed by atoms with Crippen molar-refractivity contribution in [2.45, 2.75) is 25.0 Å². The van der Waals surface area contributed by atoms with Crippen LogP contribution in [0.5, 0.6) is 0 Å². The van der Waals surface area contributed by atoms with Gasteiger partial charge in [0.2, 0.25) is 0 Å². The first-order valence-electron chi connectivity index (χ1n) is 3.90. The third kappa shape index (κ3) is 1.40. The number of aldehydes is 1. The highest BCUT2D eigenvalue weighted by molar-refractivity contribution is 7.09. The van der Waals surface area contributed by atoms with Gasteiger partial charge in [0.05, 0.1) is 0 Å². The molecule has 2 unspecified atom stereocenters. The Morgan fingerprint density at radius 3 is 3.17 bits per heavy atom. The minimum absolute atomic E-state index is 0.0557. The molecule has 0 N–H and O–H groups in total. The zero-order valence-electron chi connectivity index (χ0n) is 6.47. The summed E-state index contributed by atoms with van der Waals surface area (Å²) in [5.74, 6) is 0. The molecule has 4 heteroatoms. The lowest BCUT2D eigenvalue weighted by molar-refractivity contribution is -0.117. The number of rotatable bonds is 2. The van der Waals surface area contributed by atoms with E-state index in [1.165, 1.54) is 0 Å². The molecule has 64 valence electrons. The van der Waals surface area contributed by atoms with Crippen LogP contribution in [0.4, 0.5) is 0 Å². The molecule has 12 heavy (non-hydrogen) atoms. The second-order valence-corrected chi connectivity index (χ2v) is 3.67. The molecule has 1 aliphatic heterocycles. The number of carbonyl (C=O) groups excluding carboxylic acids is 1.